The monoisotopic (exact) mass is 420 g/mol. The molecule has 0 aromatic heterocycles. The van der Waals surface area contributed by atoms with Crippen molar-refractivity contribution in [3.05, 3.63) is 54.1 Å². The number of benzene rings is 2. The molecule has 158 valence electrons. The maximum absolute atomic E-state index is 12.3. The molecule has 0 aliphatic heterocycles. The molecule has 0 saturated carbocycles. The Morgan fingerprint density at radius 3 is 2.38 bits per heavy atom. The molecule has 2 aromatic carbocycles. The molecule has 29 heavy (non-hydrogen) atoms. The van der Waals surface area contributed by atoms with Crippen LogP contribution in [0.1, 0.15) is 25.3 Å². The summed E-state index contributed by atoms with van der Waals surface area (Å²) >= 11 is 0. The number of methoxy groups -OCH3 is 1. The second kappa shape index (κ2) is 10.7. The first kappa shape index (κ1) is 22.5. The number of para-hydroxylation sites is 3. The Labute approximate surface area is 172 Å². The Balaban J connectivity index is 1.96. The number of sulfonamides is 1. The Morgan fingerprint density at radius 1 is 1.07 bits per heavy atom. The van der Waals surface area contributed by atoms with E-state index >= 15 is 0 Å². The molecule has 0 fully saturated rings. The van der Waals surface area contributed by atoms with E-state index < -0.39 is 10.0 Å². The van der Waals surface area contributed by atoms with Crippen LogP contribution in [-0.2, 0) is 21.4 Å². The zero-order valence-corrected chi connectivity index (χ0v) is 17.9. The van der Waals surface area contributed by atoms with Crippen LogP contribution in [0.2, 0.25) is 0 Å². The van der Waals surface area contributed by atoms with E-state index in [1.54, 1.807) is 31.4 Å². The molecular weight excluding hydrogens is 392 g/mol. The van der Waals surface area contributed by atoms with Gasteiger partial charge in [-0.05, 0) is 31.5 Å². The van der Waals surface area contributed by atoms with Crippen molar-refractivity contribution in [2.75, 3.05) is 30.8 Å². The van der Waals surface area contributed by atoms with Crippen LogP contribution in [-0.4, -0.2) is 40.8 Å². The molecule has 8 heteroatoms. The summed E-state index contributed by atoms with van der Waals surface area (Å²) in [4.78, 5) is 12.2. The predicted octanol–water partition coefficient (Wildman–Crippen LogP) is 2.96. The van der Waals surface area contributed by atoms with Gasteiger partial charge >= 0.3 is 0 Å². The number of nitrogens with zero attached hydrogens (tertiary/aromatic N) is 1. The summed E-state index contributed by atoms with van der Waals surface area (Å²) in [5, 5.41) is 2.85. The van der Waals surface area contributed by atoms with Gasteiger partial charge in [-0.25, -0.2) is 8.42 Å². The molecular formula is C21H28N2O5S. The summed E-state index contributed by atoms with van der Waals surface area (Å²) in [6.45, 7) is 2.81. The maximum atomic E-state index is 12.3. The highest BCUT2D eigenvalue weighted by atomic mass is 32.2. The summed E-state index contributed by atoms with van der Waals surface area (Å²) in [5.74, 6) is 1.06. The SMILES string of the molecule is CCOc1ccccc1N(CCCC(=O)NCc1ccccc1OC)S(C)(=O)=O. The Bertz CT molecular complexity index is 915. The van der Waals surface area contributed by atoms with E-state index in [0.29, 0.717) is 36.8 Å². The highest BCUT2D eigenvalue weighted by molar-refractivity contribution is 7.92. The van der Waals surface area contributed by atoms with Crippen LogP contribution >= 0.6 is 0 Å². The lowest BCUT2D eigenvalue weighted by Gasteiger charge is -2.24. The van der Waals surface area contributed by atoms with Crippen molar-refractivity contribution < 1.29 is 22.7 Å². The first-order valence-corrected chi connectivity index (χ1v) is 11.3. The van der Waals surface area contributed by atoms with E-state index in [1.807, 2.05) is 31.2 Å². The predicted molar refractivity (Wildman–Crippen MR) is 114 cm³/mol. The molecule has 1 amide bonds. The number of hydrogen-bond donors (Lipinski definition) is 1. The van der Waals surface area contributed by atoms with Crippen LogP contribution in [0.5, 0.6) is 11.5 Å². The van der Waals surface area contributed by atoms with Gasteiger partial charge in [-0.15, -0.1) is 0 Å². The first-order chi connectivity index (χ1) is 13.9. The third kappa shape index (κ3) is 6.67. The summed E-state index contributed by atoms with van der Waals surface area (Å²) in [7, 11) is -1.93. The minimum absolute atomic E-state index is 0.151. The number of carbonyl (C=O) groups is 1. The molecule has 0 unspecified atom stereocenters. The molecule has 0 aliphatic carbocycles. The molecule has 2 rings (SSSR count). The Morgan fingerprint density at radius 2 is 1.72 bits per heavy atom. The third-order valence-corrected chi connectivity index (χ3v) is 5.45. The number of amides is 1. The molecule has 0 atom stereocenters. The Kier molecular flexibility index (Phi) is 8.33. The van der Waals surface area contributed by atoms with Crippen molar-refractivity contribution in [3.63, 3.8) is 0 Å². The molecule has 0 bridgehead atoms. The van der Waals surface area contributed by atoms with Gasteiger partial charge in [0.25, 0.3) is 0 Å². The van der Waals surface area contributed by atoms with Crippen molar-refractivity contribution in [3.8, 4) is 11.5 Å². The smallest absolute Gasteiger partial charge is 0.232 e. The fraction of sp³-hybridized carbons (Fsp3) is 0.381. The first-order valence-electron chi connectivity index (χ1n) is 9.45. The van der Waals surface area contributed by atoms with E-state index in [1.165, 1.54) is 4.31 Å². The van der Waals surface area contributed by atoms with Crippen molar-refractivity contribution in [1.82, 2.24) is 5.32 Å². The average molecular weight is 421 g/mol. The Hall–Kier alpha value is -2.74. The zero-order valence-electron chi connectivity index (χ0n) is 17.1. The van der Waals surface area contributed by atoms with Crippen LogP contribution in [0.4, 0.5) is 5.69 Å². The quantitative estimate of drug-likeness (QED) is 0.604. The molecule has 7 nitrogen and oxygen atoms in total. The normalized spacial score (nSPS) is 11.0. The van der Waals surface area contributed by atoms with Gasteiger partial charge in [0.2, 0.25) is 15.9 Å². The number of carbonyl (C=O) groups excluding carboxylic acids is 1. The van der Waals surface area contributed by atoms with Gasteiger partial charge in [0.1, 0.15) is 11.5 Å². The van der Waals surface area contributed by atoms with E-state index in [9.17, 15) is 13.2 Å². The summed E-state index contributed by atoms with van der Waals surface area (Å²) < 4.78 is 36.7. The third-order valence-electron chi connectivity index (χ3n) is 4.27. The van der Waals surface area contributed by atoms with Gasteiger partial charge in [-0.2, -0.15) is 0 Å². The largest absolute Gasteiger partial charge is 0.496 e. The second-order valence-corrected chi connectivity index (χ2v) is 8.33. The van der Waals surface area contributed by atoms with E-state index in [2.05, 4.69) is 5.32 Å². The minimum atomic E-state index is -3.52. The highest BCUT2D eigenvalue weighted by Crippen LogP contribution is 2.30. The second-order valence-electron chi connectivity index (χ2n) is 6.43. The van der Waals surface area contributed by atoms with Gasteiger partial charge in [-0.3, -0.25) is 9.10 Å². The zero-order chi connectivity index (χ0) is 21.3. The van der Waals surface area contributed by atoms with Crippen molar-refractivity contribution in [2.45, 2.75) is 26.3 Å². The van der Waals surface area contributed by atoms with Crippen LogP contribution in [0.3, 0.4) is 0 Å². The maximum Gasteiger partial charge on any atom is 0.232 e. The highest BCUT2D eigenvalue weighted by Gasteiger charge is 2.21. The number of rotatable bonds is 11. The van der Waals surface area contributed by atoms with Crippen LogP contribution < -0.4 is 19.1 Å². The van der Waals surface area contributed by atoms with Gasteiger partial charge in [0.15, 0.2) is 0 Å². The summed E-state index contributed by atoms with van der Waals surface area (Å²) in [5.41, 5.74) is 1.36. The van der Waals surface area contributed by atoms with Gasteiger partial charge in [0.05, 0.1) is 25.7 Å². The average Bonchev–Trinajstić information content (AvgIpc) is 2.70. The van der Waals surface area contributed by atoms with Gasteiger partial charge < -0.3 is 14.8 Å². The van der Waals surface area contributed by atoms with E-state index in [-0.39, 0.29) is 18.9 Å². The molecule has 0 heterocycles. The topological polar surface area (TPSA) is 84.9 Å². The fourth-order valence-electron chi connectivity index (χ4n) is 2.92. The van der Waals surface area contributed by atoms with E-state index in [4.69, 9.17) is 9.47 Å². The lowest BCUT2D eigenvalue weighted by atomic mass is 10.2. The van der Waals surface area contributed by atoms with Crippen LogP contribution in [0.25, 0.3) is 0 Å². The molecule has 0 spiro atoms. The van der Waals surface area contributed by atoms with Gasteiger partial charge in [-0.1, -0.05) is 30.3 Å². The molecule has 0 radical (unpaired) electrons. The molecule has 1 N–H and O–H groups in total. The van der Waals surface area contributed by atoms with Crippen LogP contribution in [0, 0.1) is 0 Å². The summed E-state index contributed by atoms with van der Waals surface area (Å²) in [6, 6.07) is 14.4. The lowest BCUT2D eigenvalue weighted by molar-refractivity contribution is -0.121. The molecule has 0 aliphatic rings. The lowest BCUT2D eigenvalue weighted by Crippen LogP contribution is -2.32. The van der Waals surface area contributed by atoms with Crippen molar-refractivity contribution in [1.29, 1.82) is 0 Å². The van der Waals surface area contributed by atoms with E-state index in [0.717, 1.165) is 11.8 Å². The van der Waals surface area contributed by atoms with Gasteiger partial charge in [0, 0.05) is 25.1 Å². The molecule has 2 aromatic rings. The number of nitrogens with one attached hydrogen (secondary N) is 1. The van der Waals surface area contributed by atoms with Crippen molar-refractivity contribution >= 4 is 21.6 Å². The fourth-order valence-corrected chi connectivity index (χ4v) is 3.89. The minimum Gasteiger partial charge on any atom is -0.496 e. The standard InChI is InChI=1S/C21H28N2O5S/c1-4-28-20-13-8-6-11-18(20)23(29(3,25)26)15-9-14-21(24)22-16-17-10-5-7-12-19(17)27-2/h5-8,10-13H,4,9,14-16H2,1-3H3,(H,22,24). The number of anilines is 1. The van der Waals surface area contributed by atoms with Crippen LogP contribution in [0.15, 0.2) is 48.5 Å². The molecule has 0 saturated heterocycles. The summed E-state index contributed by atoms with van der Waals surface area (Å²) in [6.07, 6.45) is 1.74. The van der Waals surface area contributed by atoms with Crippen molar-refractivity contribution in [2.24, 2.45) is 0 Å². The number of hydrogen-bond acceptors (Lipinski definition) is 5. The number of ether oxygens (including phenoxy) is 2.